The van der Waals surface area contributed by atoms with Crippen LogP contribution >= 0.6 is 0 Å². The van der Waals surface area contributed by atoms with E-state index in [0.29, 0.717) is 17.9 Å². The van der Waals surface area contributed by atoms with Gasteiger partial charge in [0.2, 0.25) is 0 Å². The molecule has 6 nitrogen and oxygen atoms in total. The topological polar surface area (TPSA) is 87.0 Å². The molecule has 0 spiro atoms. The molecule has 0 unspecified atom stereocenters. The number of nitrogen functional groups attached to an aromatic ring is 1. The summed E-state index contributed by atoms with van der Waals surface area (Å²) in [5.74, 6) is 0.0274. The first-order valence-corrected chi connectivity index (χ1v) is 6.70. The Morgan fingerprint density at radius 1 is 1.42 bits per heavy atom. The van der Waals surface area contributed by atoms with Crippen molar-refractivity contribution in [3.8, 4) is 0 Å². The maximum Gasteiger partial charge on any atom is 0.273 e. The van der Waals surface area contributed by atoms with Gasteiger partial charge in [0.25, 0.3) is 5.91 Å². The van der Waals surface area contributed by atoms with Crippen molar-refractivity contribution in [2.45, 2.75) is 32.6 Å². The number of nitrogens with zero attached hydrogens (tertiary/aromatic N) is 2. The predicted octanol–water partition coefficient (Wildman–Crippen LogP) is 1.19. The third-order valence-electron chi connectivity index (χ3n) is 2.94. The molecule has 108 valence electrons. The molecule has 0 fully saturated rings. The standard InChI is InChI=1S/C13H25N5O/c1-9(2)11-10(14)12(17-16-11)13(19)15-7-5-6-8-18(3)4/h9H,5-8,14H2,1-4H3,(H,15,19)(H,16,17). The Morgan fingerprint density at radius 3 is 2.63 bits per heavy atom. The number of amides is 1. The van der Waals surface area contributed by atoms with Crippen LogP contribution in [0.4, 0.5) is 5.69 Å². The molecule has 0 aliphatic heterocycles. The zero-order valence-electron chi connectivity index (χ0n) is 12.3. The zero-order chi connectivity index (χ0) is 14.4. The van der Waals surface area contributed by atoms with E-state index >= 15 is 0 Å². The van der Waals surface area contributed by atoms with E-state index in [2.05, 4.69) is 20.4 Å². The molecule has 0 radical (unpaired) electrons. The van der Waals surface area contributed by atoms with E-state index in [0.717, 1.165) is 25.1 Å². The van der Waals surface area contributed by atoms with Crippen LogP contribution in [-0.4, -0.2) is 48.2 Å². The Labute approximate surface area is 114 Å². The van der Waals surface area contributed by atoms with Crippen molar-refractivity contribution >= 4 is 11.6 Å². The fourth-order valence-electron chi connectivity index (χ4n) is 1.82. The zero-order valence-corrected chi connectivity index (χ0v) is 12.3. The SMILES string of the molecule is CC(C)c1[nH]nc(C(=O)NCCCCN(C)C)c1N. The van der Waals surface area contributed by atoms with E-state index in [-0.39, 0.29) is 11.8 Å². The fraction of sp³-hybridized carbons (Fsp3) is 0.692. The van der Waals surface area contributed by atoms with Crippen LogP contribution < -0.4 is 11.1 Å². The monoisotopic (exact) mass is 267 g/mol. The summed E-state index contributed by atoms with van der Waals surface area (Å²) >= 11 is 0. The molecular weight excluding hydrogens is 242 g/mol. The quantitative estimate of drug-likeness (QED) is 0.648. The van der Waals surface area contributed by atoms with E-state index in [1.54, 1.807) is 0 Å². The molecule has 6 heteroatoms. The van der Waals surface area contributed by atoms with Crippen molar-refractivity contribution in [2.75, 3.05) is 32.9 Å². The fourth-order valence-corrected chi connectivity index (χ4v) is 1.82. The normalized spacial score (nSPS) is 11.3. The average Bonchev–Trinajstić information content (AvgIpc) is 2.70. The van der Waals surface area contributed by atoms with Crippen molar-refractivity contribution in [1.29, 1.82) is 0 Å². The lowest BCUT2D eigenvalue weighted by molar-refractivity contribution is 0.0948. The van der Waals surface area contributed by atoms with Crippen molar-refractivity contribution in [3.05, 3.63) is 11.4 Å². The number of hydrogen-bond donors (Lipinski definition) is 3. The summed E-state index contributed by atoms with van der Waals surface area (Å²) in [6.07, 6.45) is 2.01. The molecule has 1 aromatic heterocycles. The third kappa shape index (κ3) is 4.55. The molecule has 0 aliphatic carbocycles. The number of carbonyl (C=O) groups is 1. The van der Waals surface area contributed by atoms with Crippen LogP contribution in [0.2, 0.25) is 0 Å². The second-order valence-corrected chi connectivity index (χ2v) is 5.32. The smallest absolute Gasteiger partial charge is 0.273 e. The van der Waals surface area contributed by atoms with Crippen LogP contribution in [0.5, 0.6) is 0 Å². The lowest BCUT2D eigenvalue weighted by Gasteiger charge is -2.09. The largest absolute Gasteiger partial charge is 0.395 e. The summed E-state index contributed by atoms with van der Waals surface area (Å²) in [5, 5.41) is 9.67. The van der Waals surface area contributed by atoms with Crippen molar-refractivity contribution in [2.24, 2.45) is 0 Å². The molecule has 0 saturated heterocycles. The number of carbonyl (C=O) groups excluding carboxylic acids is 1. The molecule has 0 aliphatic rings. The highest BCUT2D eigenvalue weighted by molar-refractivity contribution is 5.97. The van der Waals surface area contributed by atoms with Crippen molar-refractivity contribution < 1.29 is 4.79 Å². The van der Waals surface area contributed by atoms with Crippen LogP contribution in [0, 0.1) is 0 Å². The Bertz CT molecular complexity index is 411. The number of H-pyrrole nitrogens is 1. The lowest BCUT2D eigenvalue weighted by Crippen LogP contribution is -2.26. The minimum absolute atomic E-state index is 0.203. The second kappa shape index (κ2) is 7.13. The number of hydrogen-bond acceptors (Lipinski definition) is 4. The molecule has 0 atom stereocenters. The number of aromatic amines is 1. The molecular formula is C13H25N5O. The maximum absolute atomic E-state index is 11.9. The van der Waals surface area contributed by atoms with Crippen LogP contribution in [-0.2, 0) is 0 Å². The summed E-state index contributed by atoms with van der Waals surface area (Å²) < 4.78 is 0. The van der Waals surface area contributed by atoms with E-state index < -0.39 is 0 Å². The van der Waals surface area contributed by atoms with Gasteiger partial charge in [0, 0.05) is 6.54 Å². The van der Waals surface area contributed by atoms with Gasteiger partial charge in [-0.2, -0.15) is 5.10 Å². The highest BCUT2D eigenvalue weighted by atomic mass is 16.1. The van der Waals surface area contributed by atoms with E-state index in [1.165, 1.54) is 0 Å². The van der Waals surface area contributed by atoms with Crippen LogP contribution in [0.3, 0.4) is 0 Å². The van der Waals surface area contributed by atoms with Gasteiger partial charge in [-0.25, -0.2) is 0 Å². The second-order valence-electron chi connectivity index (χ2n) is 5.32. The first-order chi connectivity index (χ1) is 8.93. The van der Waals surface area contributed by atoms with Crippen molar-refractivity contribution in [1.82, 2.24) is 20.4 Å². The first kappa shape index (κ1) is 15.5. The molecule has 0 saturated carbocycles. The van der Waals surface area contributed by atoms with Crippen LogP contribution in [0.1, 0.15) is 48.8 Å². The lowest BCUT2D eigenvalue weighted by atomic mass is 10.1. The van der Waals surface area contributed by atoms with E-state index in [1.807, 2.05) is 27.9 Å². The Morgan fingerprint density at radius 2 is 2.11 bits per heavy atom. The predicted molar refractivity (Wildman–Crippen MR) is 77.2 cm³/mol. The molecule has 0 aromatic carbocycles. The van der Waals surface area contributed by atoms with Gasteiger partial charge in [-0.15, -0.1) is 0 Å². The van der Waals surface area contributed by atoms with Crippen molar-refractivity contribution in [3.63, 3.8) is 0 Å². The molecule has 1 aromatic rings. The highest BCUT2D eigenvalue weighted by Gasteiger charge is 2.18. The summed E-state index contributed by atoms with van der Waals surface area (Å²) in [5.41, 5.74) is 7.49. The van der Waals surface area contributed by atoms with Gasteiger partial charge in [0.15, 0.2) is 5.69 Å². The number of nitrogens with one attached hydrogen (secondary N) is 2. The number of unbranched alkanes of at least 4 members (excludes halogenated alkanes) is 1. The van der Waals surface area contributed by atoms with E-state index in [9.17, 15) is 4.79 Å². The number of aromatic nitrogens is 2. The first-order valence-electron chi connectivity index (χ1n) is 6.70. The summed E-state index contributed by atoms with van der Waals surface area (Å²) in [6, 6.07) is 0. The Hall–Kier alpha value is -1.56. The number of anilines is 1. The van der Waals surface area contributed by atoms with E-state index in [4.69, 9.17) is 5.73 Å². The molecule has 4 N–H and O–H groups in total. The van der Waals surface area contributed by atoms with Gasteiger partial charge < -0.3 is 16.0 Å². The number of nitrogens with two attached hydrogens (primary N) is 1. The van der Waals surface area contributed by atoms with Gasteiger partial charge >= 0.3 is 0 Å². The molecule has 1 heterocycles. The summed E-state index contributed by atoms with van der Waals surface area (Å²) in [4.78, 5) is 14.0. The molecule has 1 rings (SSSR count). The summed E-state index contributed by atoms with van der Waals surface area (Å²) in [6.45, 7) is 5.69. The Kier molecular flexibility index (Phi) is 5.82. The van der Waals surface area contributed by atoms with Gasteiger partial charge in [0.05, 0.1) is 11.4 Å². The van der Waals surface area contributed by atoms with Gasteiger partial charge in [0.1, 0.15) is 0 Å². The van der Waals surface area contributed by atoms with Gasteiger partial charge in [-0.05, 0) is 39.4 Å². The van der Waals surface area contributed by atoms with Gasteiger partial charge in [-0.1, -0.05) is 13.8 Å². The third-order valence-corrected chi connectivity index (χ3v) is 2.94. The molecule has 1 amide bonds. The van der Waals surface area contributed by atoms with Crippen LogP contribution in [0.15, 0.2) is 0 Å². The molecule has 19 heavy (non-hydrogen) atoms. The highest BCUT2D eigenvalue weighted by Crippen LogP contribution is 2.21. The minimum Gasteiger partial charge on any atom is -0.395 e. The molecule has 0 bridgehead atoms. The maximum atomic E-state index is 11.9. The summed E-state index contributed by atoms with van der Waals surface area (Å²) in [7, 11) is 4.08. The minimum atomic E-state index is -0.203. The average molecular weight is 267 g/mol. The van der Waals surface area contributed by atoms with Gasteiger partial charge in [-0.3, -0.25) is 9.89 Å². The Balaban J connectivity index is 2.42. The van der Waals surface area contributed by atoms with Crippen LogP contribution in [0.25, 0.3) is 0 Å². The number of rotatable bonds is 7.